The normalized spacial score (nSPS) is 10.0. The van der Waals surface area contributed by atoms with Gasteiger partial charge in [-0.25, -0.2) is 4.79 Å². The summed E-state index contributed by atoms with van der Waals surface area (Å²) in [5.74, 6) is 0.120. The molecule has 0 aromatic heterocycles. The number of nitrogens with two attached hydrogens (primary N) is 1. The molecule has 2 rings (SSSR count). The molecule has 2 N–H and O–H groups in total. The highest BCUT2D eigenvalue weighted by Gasteiger charge is 2.07. The molecule has 0 aliphatic heterocycles. The molecule has 0 radical (unpaired) electrons. The van der Waals surface area contributed by atoms with Gasteiger partial charge in [0.25, 0.3) is 5.91 Å². The lowest BCUT2D eigenvalue weighted by molar-refractivity contribution is -0.119. The first-order valence-corrected chi connectivity index (χ1v) is 7.90. The van der Waals surface area contributed by atoms with Crippen molar-refractivity contribution in [3.63, 3.8) is 0 Å². The summed E-state index contributed by atoms with van der Waals surface area (Å²) < 4.78 is 16.7. The van der Waals surface area contributed by atoms with Crippen LogP contribution in [-0.4, -0.2) is 31.7 Å². The Kier molecular flexibility index (Phi) is 6.62. The summed E-state index contributed by atoms with van der Waals surface area (Å²) in [4.78, 5) is 22.5. The van der Waals surface area contributed by atoms with Crippen LogP contribution < -0.4 is 15.2 Å². The van der Waals surface area contributed by atoms with Gasteiger partial charge in [-0.15, -0.1) is 0 Å². The summed E-state index contributed by atoms with van der Waals surface area (Å²) in [5, 5.41) is 0. The van der Waals surface area contributed by atoms with E-state index < -0.39 is 11.9 Å². The van der Waals surface area contributed by atoms with Crippen LogP contribution in [-0.2, 0) is 9.53 Å². The number of esters is 1. The Morgan fingerprint density at radius 1 is 0.875 bits per heavy atom. The number of halogens is 1. The number of carbonyl (C=O) groups is 2. The number of amides is 1. The maximum Gasteiger partial charge on any atom is 0.338 e. The third-order valence-corrected chi connectivity index (χ3v) is 3.40. The van der Waals surface area contributed by atoms with E-state index in [-0.39, 0.29) is 19.8 Å². The zero-order valence-electron chi connectivity index (χ0n) is 12.7. The van der Waals surface area contributed by atoms with Crippen LogP contribution >= 0.6 is 15.9 Å². The van der Waals surface area contributed by atoms with Gasteiger partial charge in [0.2, 0.25) is 0 Å². The SMILES string of the molecule is NC(=O)COc1ccc(C(=O)OCCOc2ccc(Br)cc2)cc1. The van der Waals surface area contributed by atoms with E-state index in [4.69, 9.17) is 19.9 Å². The second kappa shape index (κ2) is 8.93. The maximum atomic E-state index is 11.9. The van der Waals surface area contributed by atoms with E-state index in [1.165, 1.54) is 0 Å². The van der Waals surface area contributed by atoms with Gasteiger partial charge in [0, 0.05) is 4.47 Å². The van der Waals surface area contributed by atoms with Gasteiger partial charge in [0.1, 0.15) is 24.7 Å². The van der Waals surface area contributed by atoms with Crippen LogP contribution in [0.25, 0.3) is 0 Å². The number of hydrogen-bond acceptors (Lipinski definition) is 5. The average Bonchev–Trinajstić information content (AvgIpc) is 2.58. The van der Waals surface area contributed by atoms with Crippen LogP contribution in [0.15, 0.2) is 53.0 Å². The third-order valence-electron chi connectivity index (χ3n) is 2.87. The van der Waals surface area contributed by atoms with Crippen molar-refractivity contribution in [1.29, 1.82) is 0 Å². The molecule has 0 saturated carbocycles. The number of ether oxygens (including phenoxy) is 3. The maximum absolute atomic E-state index is 11.9. The molecule has 0 fully saturated rings. The monoisotopic (exact) mass is 393 g/mol. The van der Waals surface area contributed by atoms with E-state index in [1.54, 1.807) is 24.3 Å². The van der Waals surface area contributed by atoms with Crippen molar-refractivity contribution in [2.24, 2.45) is 5.73 Å². The van der Waals surface area contributed by atoms with Crippen molar-refractivity contribution in [2.75, 3.05) is 19.8 Å². The van der Waals surface area contributed by atoms with Crippen LogP contribution in [0.3, 0.4) is 0 Å². The lowest BCUT2D eigenvalue weighted by atomic mass is 10.2. The molecule has 126 valence electrons. The molecule has 0 atom stereocenters. The molecule has 0 bridgehead atoms. The van der Waals surface area contributed by atoms with Crippen LogP contribution in [0, 0.1) is 0 Å². The molecule has 0 aliphatic carbocycles. The minimum absolute atomic E-state index is 0.134. The zero-order valence-corrected chi connectivity index (χ0v) is 14.3. The number of benzene rings is 2. The molecule has 0 unspecified atom stereocenters. The predicted molar refractivity (Wildman–Crippen MR) is 91.1 cm³/mol. The Labute approximate surface area is 147 Å². The van der Waals surface area contributed by atoms with E-state index >= 15 is 0 Å². The van der Waals surface area contributed by atoms with Gasteiger partial charge in [-0.3, -0.25) is 4.79 Å². The Balaban J connectivity index is 1.73. The van der Waals surface area contributed by atoms with Gasteiger partial charge in [0.05, 0.1) is 5.56 Å². The third kappa shape index (κ3) is 5.92. The predicted octanol–water partition coefficient (Wildman–Crippen LogP) is 2.55. The van der Waals surface area contributed by atoms with Crippen LogP contribution in [0.2, 0.25) is 0 Å². The molecule has 0 saturated heterocycles. The molecule has 6 nitrogen and oxygen atoms in total. The zero-order chi connectivity index (χ0) is 17.4. The second-order valence-corrected chi connectivity index (χ2v) is 5.63. The fourth-order valence-electron chi connectivity index (χ4n) is 1.75. The first-order valence-electron chi connectivity index (χ1n) is 7.11. The molecular formula is C17H16BrNO5. The molecule has 2 aromatic rings. The van der Waals surface area contributed by atoms with Crippen LogP contribution in [0.1, 0.15) is 10.4 Å². The van der Waals surface area contributed by atoms with Gasteiger partial charge in [-0.2, -0.15) is 0 Å². The summed E-state index contributed by atoms with van der Waals surface area (Å²) in [6.45, 7) is 0.180. The molecular weight excluding hydrogens is 378 g/mol. The molecule has 1 amide bonds. The summed E-state index contributed by atoms with van der Waals surface area (Å²) in [5.41, 5.74) is 5.36. The number of hydrogen-bond donors (Lipinski definition) is 1. The van der Waals surface area contributed by atoms with E-state index in [9.17, 15) is 9.59 Å². The molecule has 0 heterocycles. The number of primary amides is 1. The van der Waals surface area contributed by atoms with Gasteiger partial charge < -0.3 is 19.9 Å². The molecule has 0 spiro atoms. The van der Waals surface area contributed by atoms with E-state index in [0.29, 0.717) is 17.1 Å². The van der Waals surface area contributed by atoms with Gasteiger partial charge in [-0.1, -0.05) is 15.9 Å². The van der Waals surface area contributed by atoms with E-state index in [0.717, 1.165) is 4.47 Å². The number of carbonyl (C=O) groups excluding carboxylic acids is 2. The topological polar surface area (TPSA) is 87.9 Å². The lowest BCUT2D eigenvalue weighted by Gasteiger charge is -2.08. The Hall–Kier alpha value is -2.54. The van der Waals surface area contributed by atoms with Crippen LogP contribution in [0.4, 0.5) is 0 Å². The van der Waals surface area contributed by atoms with Crippen molar-refractivity contribution >= 4 is 27.8 Å². The quantitative estimate of drug-likeness (QED) is 0.549. The van der Waals surface area contributed by atoms with Crippen molar-refractivity contribution in [2.45, 2.75) is 0 Å². The summed E-state index contributed by atoms with van der Waals surface area (Å²) in [7, 11) is 0. The standard InChI is InChI=1S/C17H16BrNO5/c18-13-3-7-14(8-4-13)22-9-10-23-17(21)12-1-5-15(6-2-12)24-11-16(19)20/h1-8H,9-11H2,(H2,19,20). The van der Waals surface area contributed by atoms with Crippen molar-refractivity contribution < 1.29 is 23.8 Å². The first kappa shape index (κ1) is 17.8. The van der Waals surface area contributed by atoms with Gasteiger partial charge in [0.15, 0.2) is 6.61 Å². The Morgan fingerprint density at radius 2 is 1.46 bits per heavy atom. The highest BCUT2D eigenvalue weighted by Crippen LogP contribution is 2.16. The van der Waals surface area contributed by atoms with Crippen molar-refractivity contribution in [3.05, 3.63) is 58.6 Å². The minimum atomic E-state index is -0.565. The first-order chi connectivity index (χ1) is 11.5. The highest BCUT2D eigenvalue weighted by molar-refractivity contribution is 9.10. The van der Waals surface area contributed by atoms with Crippen LogP contribution in [0.5, 0.6) is 11.5 Å². The smallest absolute Gasteiger partial charge is 0.338 e. The molecule has 7 heteroatoms. The molecule has 2 aromatic carbocycles. The lowest BCUT2D eigenvalue weighted by Crippen LogP contribution is -2.20. The fraction of sp³-hybridized carbons (Fsp3) is 0.176. The average molecular weight is 394 g/mol. The minimum Gasteiger partial charge on any atom is -0.490 e. The van der Waals surface area contributed by atoms with Crippen molar-refractivity contribution in [3.8, 4) is 11.5 Å². The van der Waals surface area contributed by atoms with Crippen molar-refractivity contribution in [1.82, 2.24) is 0 Å². The molecule has 24 heavy (non-hydrogen) atoms. The second-order valence-electron chi connectivity index (χ2n) is 4.72. The highest BCUT2D eigenvalue weighted by atomic mass is 79.9. The Bertz CT molecular complexity index is 685. The van der Waals surface area contributed by atoms with E-state index in [1.807, 2.05) is 24.3 Å². The Morgan fingerprint density at radius 3 is 2.08 bits per heavy atom. The van der Waals surface area contributed by atoms with E-state index in [2.05, 4.69) is 15.9 Å². The molecule has 0 aliphatic rings. The fourth-order valence-corrected chi connectivity index (χ4v) is 2.01. The number of rotatable bonds is 8. The largest absolute Gasteiger partial charge is 0.490 e. The van der Waals surface area contributed by atoms with Gasteiger partial charge in [-0.05, 0) is 48.5 Å². The summed E-state index contributed by atoms with van der Waals surface area (Å²) in [6.07, 6.45) is 0. The van der Waals surface area contributed by atoms with Gasteiger partial charge >= 0.3 is 5.97 Å². The summed E-state index contributed by atoms with van der Waals surface area (Å²) >= 11 is 3.34. The summed E-state index contributed by atoms with van der Waals surface area (Å²) in [6, 6.07) is 13.6.